The summed E-state index contributed by atoms with van der Waals surface area (Å²) in [6.07, 6.45) is 0.700. The highest BCUT2D eigenvalue weighted by Gasteiger charge is 2.34. The van der Waals surface area contributed by atoms with E-state index in [1.807, 2.05) is 39.0 Å². The number of amides is 1. The predicted octanol–water partition coefficient (Wildman–Crippen LogP) is 5.44. The molecule has 1 aliphatic rings. The second-order valence-corrected chi connectivity index (χ2v) is 8.88. The first-order valence-electron chi connectivity index (χ1n) is 8.84. The monoisotopic (exact) mass is 407 g/mol. The lowest BCUT2D eigenvalue weighted by atomic mass is 9.89. The van der Waals surface area contributed by atoms with Gasteiger partial charge in [0.1, 0.15) is 17.2 Å². The normalized spacial score (nSPS) is 17.7. The van der Waals surface area contributed by atoms with Crippen LogP contribution in [0, 0.1) is 12.7 Å². The Balaban J connectivity index is 1.60. The molecule has 1 amide bonds. The molecule has 1 N–H and O–H groups in total. The van der Waals surface area contributed by atoms with Crippen molar-refractivity contribution in [3.05, 3.63) is 63.9 Å². The molecule has 3 nitrogen and oxygen atoms in total. The van der Waals surface area contributed by atoms with Crippen LogP contribution in [0.4, 0.5) is 4.39 Å². The zero-order valence-electron chi connectivity index (χ0n) is 15.6. The molecule has 0 aromatic heterocycles. The van der Waals surface area contributed by atoms with Gasteiger partial charge in [-0.25, -0.2) is 4.39 Å². The van der Waals surface area contributed by atoms with Crippen LogP contribution in [0.25, 0.3) is 0 Å². The average Bonchev–Trinajstić information content (AvgIpc) is 2.55. The number of hydrogen-bond donors (Lipinski definition) is 1. The molecule has 0 aliphatic carbocycles. The van der Waals surface area contributed by atoms with Crippen molar-refractivity contribution >= 4 is 29.3 Å². The number of aryl methyl sites for hydroxylation is 1. The second-order valence-electron chi connectivity index (χ2n) is 7.46. The van der Waals surface area contributed by atoms with Gasteiger partial charge in [0.25, 0.3) is 0 Å². The third-order valence-electron chi connectivity index (χ3n) is 4.47. The van der Waals surface area contributed by atoms with Gasteiger partial charge in [-0.05, 0) is 50.1 Å². The van der Waals surface area contributed by atoms with Crippen LogP contribution in [-0.4, -0.2) is 17.3 Å². The van der Waals surface area contributed by atoms with Crippen molar-refractivity contribution in [3.8, 4) is 5.75 Å². The number of nitrogens with one attached hydrogen (secondary N) is 1. The minimum absolute atomic E-state index is 0.0661. The molecule has 27 heavy (non-hydrogen) atoms. The molecule has 0 fully saturated rings. The largest absolute Gasteiger partial charge is 0.487 e. The van der Waals surface area contributed by atoms with E-state index >= 15 is 0 Å². The number of hydrogen-bond acceptors (Lipinski definition) is 3. The fourth-order valence-electron chi connectivity index (χ4n) is 3.22. The summed E-state index contributed by atoms with van der Waals surface area (Å²) in [4.78, 5) is 12.4. The van der Waals surface area contributed by atoms with E-state index in [1.165, 1.54) is 17.8 Å². The number of benzene rings is 2. The smallest absolute Gasteiger partial charge is 0.230 e. The van der Waals surface area contributed by atoms with Crippen molar-refractivity contribution in [2.45, 2.75) is 44.6 Å². The Labute approximate surface area is 168 Å². The van der Waals surface area contributed by atoms with Gasteiger partial charge < -0.3 is 10.1 Å². The molecular weight excluding hydrogens is 385 g/mol. The molecule has 0 saturated carbocycles. The lowest BCUT2D eigenvalue weighted by molar-refractivity contribution is -0.119. The highest BCUT2D eigenvalue weighted by Crippen LogP contribution is 2.39. The zero-order valence-corrected chi connectivity index (χ0v) is 17.2. The quantitative estimate of drug-likeness (QED) is 0.717. The maximum absolute atomic E-state index is 13.8. The molecule has 3 rings (SSSR count). The molecule has 0 bridgehead atoms. The van der Waals surface area contributed by atoms with Gasteiger partial charge in [0.2, 0.25) is 5.91 Å². The van der Waals surface area contributed by atoms with Crippen molar-refractivity contribution in [3.63, 3.8) is 0 Å². The fourth-order valence-corrected chi connectivity index (χ4v) is 4.20. The third-order valence-corrected chi connectivity index (χ3v) is 5.68. The summed E-state index contributed by atoms with van der Waals surface area (Å²) in [6.45, 7) is 6.07. The molecule has 144 valence electrons. The summed E-state index contributed by atoms with van der Waals surface area (Å²) in [5, 5.41) is 3.48. The summed E-state index contributed by atoms with van der Waals surface area (Å²) >= 11 is 7.14. The Bertz CT molecular complexity index is 856. The lowest BCUT2D eigenvalue weighted by Crippen LogP contribution is -2.41. The number of fused-ring (bicyclic) bond motifs is 1. The first kappa shape index (κ1) is 20.0. The molecule has 2 aromatic carbocycles. The Kier molecular flexibility index (Phi) is 6.02. The van der Waals surface area contributed by atoms with Crippen molar-refractivity contribution in [1.29, 1.82) is 0 Å². The van der Waals surface area contributed by atoms with Crippen LogP contribution in [0.3, 0.4) is 0 Å². The number of ether oxygens (including phenoxy) is 1. The summed E-state index contributed by atoms with van der Waals surface area (Å²) in [7, 11) is 0. The van der Waals surface area contributed by atoms with Gasteiger partial charge in [-0.15, -0.1) is 11.8 Å². The van der Waals surface area contributed by atoms with Gasteiger partial charge in [-0.2, -0.15) is 0 Å². The molecule has 0 radical (unpaired) electrons. The zero-order chi connectivity index (χ0) is 19.6. The van der Waals surface area contributed by atoms with Crippen LogP contribution >= 0.6 is 23.4 Å². The third kappa shape index (κ3) is 5.17. The molecule has 1 heterocycles. The van der Waals surface area contributed by atoms with Crippen LogP contribution in [0.15, 0.2) is 36.4 Å². The van der Waals surface area contributed by atoms with Gasteiger partial charge in [0, 0.05) is 22.8 Å². The topological polar surface area (TPSA) is 38.3 Å². The molecule has 6 heteroatoms. The standard InChI is InChI=1S/C21H23ClFNO2S/c1-13-4-7-16-18(10-21(2,3)26-19(16)8-13)24-20(25)12-27-11-14-5-6-15(22)9-17(14)23/h4-9,18H,10-12H2,1-3H3,(H,24,25)/t18-/m0/s1. The number of carbonyl (C=O) groups is 1. The molecule has 0 unspecified atom stereocenters. The molecule has 1 aliphatic heterocycles. The van der Waals surface area contributed by atoms with Crippen LogP contribution in [0.2, 0.25) is 5.02 Å². The number of rotatable bonds is 5. The second kappa shape index (κ2) is 8.11. The summed E-state index contributed by atoms with van der Waals surface area (Å²) in [5.74, 6) is 1.11. The Morgan fingerprint density at radius 3 is 2.85 bits per heavy atom. The van der Waals surface area contributed by atoms with E-state index in [0.29, 0.717) is 22.8 Å². The van der Waals surface area contributed by atoms with E-state index in [2.05, 4.69) is 5.32 Å². The van der Waals surface area contributed by atoms with E-state index in [1.54, 1.807) is 12.1 Å². The molecule has 1 atom stereocenters. The first-order valence-corrected chi connectivity index (χ1v) is 10.4. The first-order chi connectivity index (χ1) is 12.7. The summed E-state index contributed by atoms with van der Waals surface area (Å²) in [5.41, 5.74) is 2.32. The Morgan fingerprint density at radius 2 is 2.11 bits per heavy atom. The Morgan fingerprint density at radius 1 is 1.33 bits per heavy atom. The van der Waals surface area contributed by atoms with Gasteiger partial charge in [0.05, 0.1) is 11.8 Å². The van der Waals surface area contributed by atoms with E-state index in [-0.39, 0.29) is 29.1 Å². The van der Waals surface area contributed by atoms with Gasteiger partial charge in [0.15, 0.2) is 0 Å². The Hall–Kier alpha value is -1.72. The lowest BCUT2D eigenvalue weighted by Gasteiger charge is -2.38. The van der Waals surface area contributed by atoms with Gasteiger partial charge in [-0.3, -0.25) is 4.79 Å². The van der Waals surface area contributed by atoms with Crippen molar-refractivity contribution in [2.24, 2.45) is 0 Å². The molecular formula is C21H23ClFNO2S. The van der Waals surface area contributed by atoms with E-state index in [4.69, 9.17) is 16.3 Å². The van der Waals surface area contributed by atoms with Crippen LogP contribution in [0.5, 0.6) is 5.75 Å². The van der Waals surface area contributed by atoms with Crippen LogP contribution in [-0.2, 0) is 10.5 Å². The van der Waals surface area contributed by atoms with Crippen molar-refractivity contribution in [2.75, 3.05) is 5.75 Å². The van der Waals surface area contributed by atoms with Crippen LogP contribution < -0.4 is 10.1 Å². The number of halogens is 2. The molecule has 0 spiro atoms. The van der Waals surface area contributed by atoms with Crippen molar-refractivity contribution < 1.29 is 13.9 Å². The van der Waals surface area contributed by atoms with Crippen molar-refractivity contribution in [1.82, 2.24) is 5.32 Å². The molecule has 2 aromatic rings. The number of carbonyl (C=O) groups excluding carboxylic acids is 1. The van der Waals surface area contributed by atoms with Crippen LogP contribution in [0.1, 0.15) is 43.0 Å². The average molecular weight is 408 g/mol. The summed E-state index contributed by atoms with van der Waals surface area (Å²) in [6, 6.07) is 10.6. The van der Waals surface area contributed by atoms with Gasteiger partial charge >= 0.3 is 0 Å². The predicted molar refractivity (Wildman–Crippen MR) is 109 cm³/mol. The fraction of sp³-hybridized carbons (Fsp3) is 0.381. The highest BCUT2D eigenvalue weighted by molar-refractivity contribution is 7.99. The molecule has 0 saturated heterocycles. The maximum Gasteiger partial charge on any atom is 0.230 e. The highest BCUT2D eigenvalue weighted by atomic mass is 35.5. The van der Waals surface area contributed by atoms with Gasteiger partial charge in [-0.1, -0.05) is 29.8 Å². The number of thioether (sulfide) groups is 1. The van der Waals surface area contributed by atoms with E-state index < -0.39 is 0 Å². The SMILES string of the molecule is Cc1ccc2c(c1)OC(C)(C)C[C@@H]2NC(=O)CSCc1ccc(Cl)cc1F. The summed E-state index contributed by atoms with van der Waals surface area (Å²) < 4.78 is 19.9. The van der Waals surface area contributed by atoms with E-state index in [9.17, 15) is 9.18 Å². The minimum atomic E-state index is -0.349. The minimum Gasteiger partial charge on any atom is -0.487 e. The maximum atomic E-state index is 13.8. The van der Waals surface area contributed by atoms with E-state index in [0.717, 1.165) is 16.9 Å².